The third-order valence-electron chi connectivity index (χ3n) is 1.34. The minimum absolute atomic E-state index is 0.646. The molecule has 0 aliphatic heterocycles. The number of H-pyrrole nitrogens is 1. The summed E-state index contributed by atoms with van der Waals surface area (Å²) in [5.74, 6) is 0.729. The molecular weight excluding hydrogens is 194 g/mol. The van der Waals surface area contributed by atoms with E-state index >= 15 is 0 Å². The van der Waals surface area contributed by atoms with E-state index in [9.17, 15) is 0 Å². The molecule has 0 saturated carbocycles. The second kappa shape index (κ2) is 2.76. The molecule has 2 heterocycles. The van der Waals surface area contributed by atoms with Gasteiger partial charge in [0.15, 0.2) is 14.8 Å². The average Bonchev–Trinajstić information content (AvgIpc) is 2.58. The van der Waals surface area contributed by atoms with Crippen LogP contribution in [0, 0.1) is 3.95 Å². The molecule has 0 amide bonds. The first-order valence-electron chi connectivity index (χ1n) is 3.17. The monoisotopic (exact) mass is 199 g/mol. The Morgan fingerprint density at radius 3 is 3.00 bits per heavy atom. The van der Waals surface area contributed by atoms with E-state index in [0.717, 1.165) is 10.8 Å². The molecular formula is C5H5N5S2. The lowest BCUT2D eigenvalue weighted by molar-refractivity contribution is 0.772. The van der Waals surface area contributed by atoms with Gasteiger partial charge in [0.2, 0.25) is 0 Å². The van der Waals surface area contributed by atoms with E-state index < -0.39 is 0 Å². The molecule has 0 radical (unpaired) electrons. The lowest BCUT2D eigenvalue weighted by Gasteiger charge is -1.90. The molecule has 12 heavy (non-hydrogen) atoms. The predicted molar refractivity (Wildman–Crippen MR) is 47.3 cm³/mol. The van der Waals surface area contributed by atoms with Gasteiger partial charge in [0.25, 0.3) is 0 Å². The Kier molecular flexibility index (Phi) is 1.74. The second-order valence-electron chi connectivity index (χ2n) is 2.13. The van der Waals surface area contributed by atoms with Crippen molar-refractivity contribution in [3.8, 4) is 10.8 Å². The van der Waals surface area contributed by atoms with Crippen molar-refractivity contribution in [1.29, 1.82) is 0 Å². The van der Waals surface area contributed by atoms with Crippen molar-refractivity contribution < 1.29 is 0 Å². The summed E-state index contributed by atoms with van der Waals surface area (Å²) in [6.45, 7) is 0. The van der Waals surface area contributed by atoms with Crippen LogP contribution in [0.2, 0.25) is 0 Å². The first kappa shape index (κ1) is 7.56. The maximum Gasteiger partial charge on any atom is 0.188 e. The Labute approximate surface area is 77.1 Å². The van der Waals surface area contributed by atoms with Gasteiger partial charge >= 0.3 is 0 Å². The van der Waals surface area contributed by atoms with Gasteiger partial charge in [0, 0.05) is 7.05 Å². The van der Waals surface area contributed by atoms with Gasteiger partial charge in [-0.05, 0) is 12.2 Å². The van der Waals surface area contributed by atoms with Gasteiger partial charge in [0.1, 0.15) is 6.33 Å². The highest BCUT2D eigenvalue weighted by Crippen LogP contribution is 2.17. The fourth-order valence-corrected chi connectivity index (χ4v) is 1.73. The van der Waals surface area contributed by atoms with Crippen molar-refractivity contribution >= 4 is 23.6 Å². The number of nitrogens with zero attached hydrogens (tertiary/aromatic N) is 4. The summed E-state index contributed by atoms with van der Waals surface area (Å²) in [5, 5.41) is 11.4. The van der Waals surface area contributed by atoms with Crippen LogP contribution >= 0.6 is 23.6 Å². The fraction of sp³-hybridized carbons (Fsp3) is 0.200. The van der Waals surface area contributed by atoms with E-state index in [0.29, 0.717) is 3.95 Å². The number of aromatic nitrogens is 5. The van der Waals surface area contributed by atoms with Crippen LogP contribution < -0.4 is 0 Å². The van der Waals surface area contributed by atoms with Gasteiger partial charge in [-0.2, -0.15) is 10.2 Å². The van der Waals surface area contributed by atoms with E-state index in [1.54, 1.807) is 4.68 Å². The Balaban J connectivity index is 2.57. The van der Waals surface area contributed by atoms with Gasteiger partial charge in [-0.3, -0.25) is 5.10 Å². The Bertz CT molecular complexity index is 438. The molecule has 0 aliphatic rings. The molecule has 2 rings (SSSR count). The second-order valence-corrected chi connectivity index (χ2v) is 3.79. The van der Waals surface area contributed by atoms with Crippen LogP contribution in [0.15, 0.2) is 6.33 Å². The van der Waals surface area contributed by atoms with Crippen molar-refractivity contribution in [2.45, 2.75) is 0 Å². The average molecular weight is 199 g/mol. The van der Waals surface area contributed by atoms with Crippen LogP contribution in [0.3, 0.4) is 0 Å². The van der Waals surface area contributed by atoms with E-state index in [4.69, 9.17) is 12.2 Å². The van der Waals surface area contributed by atoms with Crippen LogP contribution in [0.4, 0.5) is 0 Å². The zero-order valence-electron chi connectivity index (χ0n) is 6.18. The molecule has 0 fully saturated rings. The number of nitrogens with one attached hydrogen (secondary N) is 1. The molecule has 7 heteroatoms. The van der Waals surface area contributed by atoms with E-state index in [1.165, 1.54) is 17.7 Å². The van der Waals surface area contributed by atoms with Crippen molar-refractivity contribution in [2.24, 2.45) is 7.05 Å². The lowest BCUT2D eigenvalue weighted by atomic mass is 10.6. The molecule has 0 bridgehead atoms. The minimum atomic E-state index is 0.646. The molecule has 2 aromatic rings. The smallest absolute Gasteiger partial charge is 0.188 e. The number of aryl methyl sites for hydroxylation is 1. The highest BCUT2D eigenvalue weighted by Gasteiger charge is 2.06. The van der Waals surface area contributed by atoms with Gasteiger partial charge in [-0.15, -0.1) is 0 Å². The Hall–Kier alpha value is -1.08. The molecule has 0 unspecified atom stereocenters. The van der Waals surface area contributed by atoms with Crippen LogP contribution in [0.1, 0.15) is 0 Å². The third kappa shape index (κ3) is 1.16. The Morgan fingerprint density at radius 2 is 2.50 bits per heavy atom. The van der Waals surface area contributed by atoms with Crippen LogP contribution in [-0.2, 0) is 7.05 Å². The lowest BCUT2D eigenvalue weighted by Crippen LogP contribution is -1.93. The number of hydrogen-bond donors (Lipinski definition) is 1. The molecule has 2 aromatic heterocycles. The van der Waals surface area contributed by atoms with Crippen molar-refractivity contribution in [1.82, 2.24) is 25.0 Å². The summed E-state index contributed by atoms with van der Waals surface area (Å²) in [6, 6.07) is 0. The number of aromatic amines is 1. The van der Waals surface area contributed by atoms with Crippen molar-refractivity contribution in [3.63, 3.8) is 0 Å². The number of rotatable bonds is 1. The zero-order chi connectivity index (χ0) is 8.55. The van der Waals surface area contributed by atoms with E-state index in [1.807, 2.05) is 7.05 Å². The quantitative estimate of drug-likeness (QED) is 0.696. The molecule has 0 atom stereocenters. The van der Waals surface area contributed by atoms with Gasteiger partial charge in [-0.25, -0.2) is 9.67 Å². The fourth-order valence-electron chi connectivity index (χ4n) is 0.815. The highest BCUT2D eigenvalue weighted by atomic mass is 32.1. The summed E-state index contributed by atoms with van der Waals surface area (Å²) in [4.78, 5) is 4.03. The molecule has 0 aliphatic carbocycles. The summed E-state index contributed by atoms with van der Waals surface area (Å²) in [7, 11) is 1.81. The maximum atomic E-state index is 4.89. The third-order valence-corrected chi connectivity index (χ3v) is 2.43. The van der Waals surface area contributed by atoms with Crippen molar-refractivity contribution in [2.75, 3.05) is 0 Å². The van der Waals surface area contributed by atoms with Gasteiger partial charge < -0.3 is 0 Å². The normalized spacial score (nSPS) is 10.4. The maximum absolute atomic E-state index is 4.89. The first-order valence-corrected chi connectivity index (χ1v) is 4.40. The largest absolute Gasteiger partial charge is 0.258 e. The molecule has 0 aromatic carbocycles. The highest BCUT2D eigenvalue weighted by molar-refractivity contribution is 7.73. The summed E-state index contributed by atoms with van der Waals surface area (Å²) in [6.07, 6.45) is 1.49. The van der Waals surface area contributed by atoms with Crippen molar-refractivity contribution in [3.05, 3.63) is 10.3 Å². The standard InChI is InChI=1S/C5H5N5S2/c1-10-3(6-2-7-10)4-8-9-5(11)12-4/h2H,1H3,(H,9,11). The molecule has 1 N–H and O–H groups in total. The molecule has 62 valence electrons. The molecule has 5 nitrogen and oxygen atoms in total. The van der Waals surface area contributed by atoms with Gasteiger partial charge in [0.05, 0.1) is 0 Å². The predicted octanol–water partition coefficient (Wildman–Crippen LogP) is 0.996. The summed E-state index contributed by atoms with van der Waals surface area (Å²) in [5.41, 5.74) is 0. The first-order chi connectivity index (χ1) is 5.77. The minimum Gasteiger partial charge on any atom is -0.258 e. The zero-order valence-corrected chi connectivity index (χ0v) is 7.82. The Morgan fingerprint density at radius 1 is 1.67 bits per heavy atom. The molecule has 0 saturated heterocycles. The number of hydrogen-bond acceptors (Lipinski definition) is 5. The van der Waals surface area contributed by atoms with Crippen LogP contribution in [0.5, 0.6) is 0 Å². The summed E-state index contributed by atoms with van der Waals surface area (Å²) >= 11 is 6.28. The van der Waals surface area contributed by atoms with Crippen LogP contribution in [-0.4, -0.2) is 25.0 Å². The van der Waals surface area contributed by atoms with Crippen LogP contribution in [0.25, 0.3) is 10.8 Å². The van der Waals surface area contributed by atoms with E-state index in [-0.39, 0.29) is 0 Å². The van der Waals surface area contributed by atoms with E-state index in [2.05, 4.69) is 20.3 Å². The van der Waals surface area contributed by atoms with Gasteiger partial charge in [-0.1, -0.05) is 11.3 Å². The molecule has 0 spiro atoms. The topological polar surface area (TPSA) is 59.4 Å². The SMILES string of the molecule is Cn1ncnc1-c1n[nH]c(=S)s1. The summed E-state index contributed by atoms with van der Waals surface area (Å²) < 4.78 is 2.30.